The Hall–Kier alpha value is -0.640. The van der Waals surface area contributed by atoms with Crippen LogP contribution in [0.15, 0.2) is 0 Å². The summed E-state index contributed by atoms with van der Waals surface area (Å²) in [7, 11) is 1.89. The lowest BCUT2D eigenvalue weighted by molar-refractivity contribution is -0.144. The van der Waals surface area contributed by atoms with Gasteiger partial charge in [-0.2, -0.15) is 0 Å². The van der Waals surface area contributed by atoms with E-state index in [1.807, 2.05) is 11.9 Å². The molecule has 0 aromatic heterocycles. The lowest BCUT2D eigenvalue weighted by Crippen LogP contribution is -2.56. The molecule has 0 heterocycles. The molecular weight excluding hydrogens is 208 g/mol. The molecule has 84 valence electrons. The monoisotopic (exact) mass is 226 g/mol. The number of carbonyl (C=O) groups excluding carboxylic acids is 1. The zero-order valence-electron chi connectivity index (χ0n) is 9.16. The van der Waals surface area contributed by atoms with Crippen LogP contribution in [-0.4, -0.2) is 28.9 Å². The summed E-state index contributed by atoms with van der Waals surface area (Å²) in [4.78, 5) is 14.6. The van der Waals surface area contributed by atoms with Crippen molar-refractivity contribution in [2.24, 2.45) is 11.1 Å². The zero-order valence-corrected chi connectivity index (χ0v) is 9.98. The highest BCUT2D eigenvalue weighted by Gasteiger charge is 2.49. The summed E-state index contributed by atoms with van der Waals surface area (Å²) in [5, 5.41) is 0. The second kappa shape index (κ2) is 3.74. The largest absolute Gasteiger partial charge is 0.392 e. The third-order valence-electron chi connectivity index (χ3n) is 4.03. The molecule has 0 unspecified atom stereocenters. The van der Waals surface area contributed by atoms with Crippen LogP contribution in [-0.2, 0) is 4.79 Å². The molecule has 2 saturated carbocycles. The zero-order chi connectivity index (χ0) is 11.1. The van der Waals surface area contributed by atoms with Crippen molar-refractivity contribution in [1.29, 1.82) is 0 Å². The van der Waals surface area contributed by atoms with Gasteiger partial charge in [0.1, 0.15) is 0 Å². The Bertz CT molecular complexity index is 295. The quantitative estimate of drug-likeness (QED) is 0.741. The molecule has 0 radical (unpaired) electrons. The molecule has 0 aromatic rings. The molecule has 0 bridgehead atoms. The van der Waals surface area contributed by atoms with Crippen molar-refractivity contribution in [1.82, 2.24) is 4.90 Å². The molecular formula is C11H18N2OS. The van der Waals surface area contributed by atoms with Crippen molar-refractivity contribution in [3.63, 3.8) is 0 Å². The minimum atomic E-state index is -0.486. The fourth-order valence-corrected chi connectivity index (χ4v) is 2.66. The summed E-state index contributed by atoms with van der Waals surface area (Å²) in [6.07, 6.45) is 6.27. The van der Waals surface area contributed by atoms with Gasteiger partial charge in [-0.3, -0.25) is 4.79 Å². The third-order valence-corrected chi connectivity index (χ3v) is 4.42. The summed E-state index contributed by atoms with van der Waals surface area (Å²) in [6.45, 7) is 0. The first kappa shape index (κ1) is 10.9. The Kier molecular flexibility index (Phi) is 2.71. The Balaban J connectivity index is 2.07. The van der Waals surface area contributed by atoms with E-state index < -0.39 is 5.41 Å². The van der Waals surface area contributed by atoms with E-state index in [4.69, 9.17) is 18.0 Å². The topological polar surface area (TPSA) is 46.3 Å². The van der Waals surface area contributed by atoms with Gasteiger partial charge in [-0.25, -0.2) is 0 Å². The molecule has 0 saturated heterocycles. The maximum atomic E-state index is 12.3. The summed E-state index contributed by atoms with van der Waals surface area (Å²) in [5.41, 5.74) is 5.23. The summed E-state index contributed by atoms with van der Waals surface area (Å²) in [6, 6.07) is 0.435. The van der Waals surface area contributed by atoms with Crippen molar-refractivity contribution in [3.8, 4) is 0 Å². The molecule has 2 rings (SSSR count). The van der Waals surface area contributed by atoms with E-state index in [1.165, 1.54) is 6.42 Å². The van der Waals surface area contributed by atoms with Crippen LogP contribution in [0, 0.1) is 5.41 Å². The Morgan fingerprint density at radius 1 is 1.40 bits per heavy atom. The Labute approximate surface area is 96.0 Å². The first-order valence-electron chi connectivity index (χ1n) is 5.65. The van der Waals surface area contributed by atoms with E-state index in [0.717, 1.165) is 32.1 Å². The number of rotatable bonds is 3. The molecule has 2 aliphatic rings. The van der Waals surface area contributed by atoms with E-state index in [9.17, 15) is 4.79 Å². The van der Waals surface area contributed by atoms with Crippen LogP contribution in [0.4, 0.5) is 0 Å². The summed E-state index contributed by atoms with van der Waals surface area (Å²) in [5.74, 6) is 0.158. The maximum Gasteiger partial charge on any atom is 0.235 e. The average Bonchev–Trinajstić information content (AvgIpc) is 1.97. The predicted molar refractivity (Wildman–Crippen MR) is 63.5 cm³/mol. The molecule has 0 aliphatic heterocycles. The molecule has 0 aromatic carbocycles. The summed E-state index contributed by atoms with van der Waals surface area (Å²) >= 11 is 5.05. The maximum absolute atomic E-state index is 12.3. The van der Waals surface area contributed by atoms with Crippen LogP contribution in [0.3, 0.4) is 0 Å². The van der Waals surface area contributed by atoms with Crippen molar-refractivity contribution in [2.75, 3.05) is 7.05 Å². The number of nitrogens with two attached hydrogens (primary N) is 1. The number of amides is 1. The first-order chi connectivity index (χ1) is 7.08. The van der Waals surface area contributed by atoms with Gasteiger partial charge >= 0.3 is 0 Å². The minimum Gasteiger partial charge on any atom is -0.392 e. The van der Waals surface area contributed by atoms with Crippen LogP contribution in [0.2, 0.25) is 0 Å². The van der Waals surface area contributed by atoms with E-state index in [0.29, 0.717) is 11.0 Å². The smallest absolute Gasteiger partial charge is 0.235 e. The highest BCUT2D eigenvalue weighted by atomic mass is 32.1. The van der Waals surface area contributed by atoms with Crippen molar-refractivity contribution >= 4 is 23.1 Å². The van der Waals surface area contributed by atoms with E-state index in [2.05, 4.69) is 0 Å². The number of nitrogens with zero attached hydrogens (tertiary/aromatic N) is 1. The molecule has 0 atom stereocenters. The van der Waals surface area contributed by atoms with Crippen molar-refractivity contribution in [3.05, 3.63) is 0 Å². The highest BCUT2D eigenvalue weighted by Crippen LogP contribution is 2.43. The fraction of sp³-hybridized carbons (Fsp3) is 0.818. The molecule has 2 aliphatic carbocycles. The van der Waals surface area contributed by atoms with Crippen molar-refractivity contribution in [2.45, 2.75) is 44.6 Å². The Morgan fingerprint density at radius 2 is 2.00 bits per heavy atom. The molecule has 0 spiro atoms. The molecule has 1 amide bonds. The van der Waals surface area contributed by atoms with Crippen LogP contribution in [0.5, 0.6) is 0 Å². The van der Waals surface area contributed by atoms with Gasteiger partial charge in [0.25, 0.3) is 0 Å². The van der Waals surface area contributed by atoms with Gasteiger partial charge in [-0.15, -0.1) is 0 Å². The predicted octanol–water partition coefficient (Wildman–Crippen LogP) is 1.45. The normalized spacial score (nSPS) is 23.8. The standard InChI is InChI=1S/C11H18N2OS/c1-13(8-4-2-5-8)10(14)11(9(12)15)6-3-7-11/h8H,2-7H2,1H3,(H2,12,15). The van der Waals surface area contributed by atoms with Gasteiger partial charge in [0.2, 0.25) is 5.91 Å². The molecule has 4 heteroatoms. The van der Waals surface area contributed by atoms with Gasteiger partial charge in [-0.1, -0.05) is 18.6 Å². The SMILES string of the molecule is CN(C(=O)C1(C(N)=S)CCC1)C1CCC1. The van der Waals surface area contributed by atoms with Gasteiger partial charge < -0.3 is 10.6 Å². The van der Waals surface area contributed by atoms with Crippen LogP contribution in [0.1, 0.15) is 38.5 Å². The fourth-order valence-electron chi connectivity index (χ4n) is 2.37. The lowest BCUT2D eigenvalue weighted by Gasteiger charge is -2.45. The first-order valence-corrected chi connectivity index (χ1v) is 6.06. The number of carbonyl (C=O) groups is 1. The number of hydrogen-bond acceptors (Lipinski definition) is 2. The molecule has 3 nitrogen and oxygen atoms in total. The minimum absolute atomic E-state index is 0.158. The van der Waals surface area contributed by atoms with E-state index in [1.54, 1.807) is 0 Å². The number of thiocarbonyl (C=S) groups is 1. The second-order valence-electron chi connectivity index (χ2n) is 4.80. The van der Waals surface area contributed by atoms with Gasteiger partial charge in [-0.05, 0) is 32.1 Å². The molecule has 2 fully saturated rings. The molecule has 2 N–H and O–H groups in total. The Morgan fingerprint density at radius 3 is 2.27 bits per heavy atom. The average molecular weight is 226 g/mol. The third kappa shape index (κ3) is 1.55. The van der Waals surface area contributed by atoms with Crippen LogP contribution in [0.25, 0.3) is 0 Å². The van der Waals surface area contributed by atoms with Gasteiger partial charge in [0, 0.05) is 13.1 Å². The van der Waals surface area contributed by atoms with Crippen LogP contribution < -0.4 is 5.73 Å². The second-order valence-corrected chi connectivity index (χ2v) is 5.24. The number of hydrogen-bond donors (Lipinski definition) is 1. The highest BCUT2D eigenvalue weighted by molar-refractivity contribution is 7.80. The van der Waals surface area contributed by atoms with Gasteiger partial charge in [0.15, 0.2) is 0 Å². The van der Waals surface area contributed by atoms with E-state index >= 15 is 0 Å². The van der Waals surface area contributed by atoms with Crippen LogP contribution >= 0.6 is 12.2 Å². The van der Waals surface area contributed by atoms with Crippen molar-refractivity contribution < 1.29 is 4.79 Å². The summed E-state index contributed by atoms with van der Waals surface area (Å²) < 4.78 is 0. The van der Waals surface area contributed by atoms with Gasteiger partial charge in [0.05, 0.1) is 10.4 Å². The van der Waals surface area contributed by atoms with E-state index in [-0.39, 0.29) is 5.91 Å². The lowest BCUT2D eigenvalue weighted by atomic mass is 9.67. The molecule has 15 heavy (non-hydrogen) atoms.